The third-order valence-corrected chi connectivity index (χ3v) is 6.42. The van der Waals surface area contributed by atoms with Crippen LogP contribution in [0, 0.1) is 5.92 Å². The summed E-state index contributed by atoms with van der Waals surface area (Å²) in [6.07, 6.45) is 5.45. The van der Waals surface area contributed by atoms with E-state index in [2.05, 4.69) is 54.6 Å². The van der Waals surface area contributed by atoms with Crippen molar-refractivity contribution in [1.82, 2.24) is 0 Å². The zero-order valence-electron chi connectivity index (χ0n) is 15.4. The molecular formula is C24H26ClNO. The number of benzene rings is 4. The molecule has 2 nitrogen and oxygen atoms in total. The van der Waals surface area contributed by atoms with E-state index < -0.39 is 6.10 Å². The van der Waals surface area contributed by atoms with Crippen LogP contribution in [0.15, 0.2) is 54.6 Å². The molecule has 27 heavy (non-hydrogen) atoms. The smallest absolute Gasteiger partial charge is 0.0761 e. The van der Waals surface area contributed by atoms with E-state index in [1.54, 1.807) is 0 Å². The maximum Gasteiger partial charge on any atom is 0.0761 e. The van der Waals surface area contributed by atoms with Crippen molar-refractivity contribution < 1.29 is 5.11 Å². The number of halogens is 1. The van der Waals surface area contributed by atoms with Crippen LogP contribution in [-0.2, 0) is 0 Å². The van der Waals surface area contributed by atoms with Crippen molar-refractivity contribution in [2.24, 2.45) is 11.7 Å². The van der Waals surface area contributed by atoms with Gasteiger partial charge in [-0.05, 0) is 56.6 Å². The highest BCUT2D eigenvalue weighted by Crippen LogP contribution is 2.39. The fourth-order valence-electron chi connectivity index (χ4n) is 5.00. The van der Waals surface area contributed by atoms with Gasteiger partial charge in [0.25, 0.3) is 0 Å². The fourth-order valence-corrected chi connectivity index (χ4v) is 5.00. The number of hydrogen-bond donors (Lipinski definition) is 2. The summed E-state index contributed by atoms with van der Waals surface area (Å²) in [5.74, 6) is 0.331. The zero-order chi connectivity index (χ0) is 17.7. The molecule has 3 heteroatoms. The second kappa shape index (κ2) is 7.27. The summed E-state index contributed by atoms with van der Waals surface area (Å²) < 4.78 is 0. The monoisotopic (exact) mass is 379 g/mol. The summed E-state index contributed by atoms with van der Waals surface area (Å²) in [6.45, 7) is 0. The van der Waals surface area contributed by atoms with Gasteiger partial charge in [0.05, 0.1) is 12.1 Å². The molecule has 2 atom stereocenters. The van der Waals surface area contributed by atoms with Crippen LogP contribution in [0.1, 0.15) is 43.7 Å². The summed E-state index contributed by atoms with van der Waals surface area (Å²) >= 11 is 0. The highest BCUT2D eigenvalue weighted by Gasteiger charge is 2.28. The third-order valence-electron chi connectivity index (χ3n) is 6.42. The third kappa shape index (κ3) is 2.97. The molecular weight excluding hydrogens is 354 g/mol. The Morgan fingerprint density at radius 1 is 0.778 bits per heavy atom. The van der Waals surface area contributed by atoms with Gasteiger partial charge in [-0.15, -0.1) is 12.4 Å². The maximum atomic E-state index is 11.0. The van der Waals surface area contributed by atoms with Crippen LogP contribution < -0.4 is 5.73 Å². The first-order chi connectivity index (χ1) is 12.7. The molecule has 1 aliphatic rings. The van der Waals surface area contributed by atoms with Crippen molar-refractivity contribution in [1.29, 1.82) is 0 Å². The van der Waals surface area contributed by atoms with E-state index in [0.29, 0.717) is 5.92 Å². The van der Waals surface area contributed by atoms with Crippen LogP contribution in [-0.4, -0.2) is 11.2 Å². The number of aliphatic hydroxyl groups excluding tert-OH is 1. The Morgan fingerprint density at radius 2 is 1.37 bits per heavy atom. The molecule has 1 fully saturated rings. The van der Waals surface area contributed by atoms with Crippen LogP contribution in [0.25, 0.3) is 32.3 Å². The first-order valence-corrected chi connectivity index (χ1v) is 9.84. The van der Waals surface area contributed by atoms with Crippen molar-refractivity contribution in [2.45, 2.75) is 44.2 Å². The van der Waals surface area contributed by atoms with Crippen LogP contribution in [0.2, 0.25) is 0 Å². The molecule has 0 bridgehead atoms. The molecule has 4 aromatic rings. The molecule has 0 heterocycles. The summed E-state index contributed by atoms with van der Waals surface area (Å²) in [6, 6.07) is 19.2. The van der Waals surface area contributed by atoms with Crippen molar-refractivity contribution >= 4 is 44.7 Å². The molecule has 0 unspecified atom stereocenters. The second-order valence-electron chi connectivity index (χ2n) is 7.93. The quantitative estimate of drug-likeness (QED) is 0.432. The largest absolute Gasteiger partial charge is 0.391 e. The minimum Gasteiger partial charge on any atom is -0.391 e. The number of hydrogen-bond acceptors (Lipinski definition) is 2. The van der Waals surface area contributed by atoms with Crippen molar-refractivity contribution in [3.63, 3.8) is 0 Å². The topological polar surface area (TPSA) is 46.2 Å². The van der Waals surface area contributed by atoms with Gasteiger partial charge in [0.15, 0.2) is 0 Å². The van der Waals surface area contributed by atoms with Crippen LogP contribution in [0.5, 0.6) is 0 Å². The Kier molecular flexibility index (Phi) is 4.98. The Bertz CT molecular complexity index is 1050. The van der Waals surface area contributed by atoms with E-state index >= 15 is 0 Å². The Hall–Kier alpha value is -1.87. The molecule has 4 aromatic carbocycles. The van der Waals surface area contributed by atoms with E-state index in [1.165, 1.54) is 51.6 Å². The zero-order valence-corrected chi connectivity index (χ0v) is 16.2. The van der Waals surface area contributed by atoms with E-state index in [-0.39, 0.29) is 18.4 Å². The summed E-state index contributed by atoms with van der Waals surface area (Å²) in [5.41, 5.74) is 7.70. The summed E-state index contributed by atoms with van der Waals surface area (Å²) in [5, 5.41) is 18.5. The number of aliphatic hydroxyl groups is 1. The Balaban J connectivity index is 0.00000180. The molecule has 140 valence electrons. The van der Waals surface area contributed by atoms with Crippen LogP contribution in [0.4, 0.5) is 0 Å². The normalized spacial score (nSPS) is 18.0. The van der Waals surface area contributed by atoms with Gasteiger partial charge < -0.3 is 10.8 Å². The lowest BCUT2D eigenvalue weighted by molar-refractivity contribution is 0.0622. The average molecular weight is 380 g/mol. The van der Waals surface area contributed by atoms with Crippen LogP contribution in [0.3, 0.4) is 0 Å². The van der Waals surface area contributed by atoms with Crippen molar-refractivity contribution in [3.05, 3.63) is 60.2 Å². The van der Waals surface area contributed by atoms with Gasteiger partial charge in [0.2, 0.25) is 0 Å². The van der Waals surface area contributed by atoms with Gasteiger partial charge in [-0.25, -0.2) is 0 Å². The Labute approximate surface area is 166 Å². The first-order valence-electron chi connectivity index (χ1n) is 9.84. The predicted molar refractivity (Wildman–Crippen MR) is 117 cm³/mol. The fraction of sp³-hybridized carbons (Fsp3) is 0.333. The lowest BCUT2D eigenvalue weighted by Gasteiger charge is -2.31. The van der Waals surface area contributed by atoms with E-state index in [9.17, 15) is 5.11 Å². The van der Waals surface area contributed by atoms with Gasteiger partial charge in [-0.2, -0.15) is 0 Å². The molecule has 0 spiro atoms. The predicted octanol–water partition coefficient (Wildman–Crippen LogP) is 5.95. The molecule has 0 aromatic heterocycles. The second-order valence-corrected chi connectivity index (χ2v) is 7.93. The first kappa shape index (κ1) is 18.5. The molecule has 0 aliphatic heterocycles. The van der Waals surface area contributed by atoms with E-state index in [1.807, 2.05) is 0 Å². The maximum absolute atomic E-state index is 11.0. The highest BCUT2D eigenvalue weighted by atomic mass is 35.5. The molecule has 0 saturated heterocycles. The standard InChI is InChI=1S/C24H25NO.ClH/c25-23(24(26)18-5-2-1-3-6-18)20-14-12-17-10-9-15-7-4-8-16-11-13-19(20)22(17)21(15)16;/h4,7-14,18,23-24,26H,1-3,5-6,25H2;1H/t23-,24+;/m0./s1. The van der Waals surface area contributed by atoms with Gasteiger partial charge in [0, 0.05) is 0 Å². The van der Waals surface area contributed by atoms with E-state index in [0.717, 1.165) is 18.4 Å². The van der Waals surface area contributed by atoms with E-state index in [4.69, 9.17) is 5.73 Å². The van der Waals surface area contributed by atoms with Crippen molar-refractivity contribution in [2.75, 3.05) is 0 Å². The van der Waals surface area contributed by atoms with Crippen LogP contribution >= 0.6 is 12.4 Å². The van der Waals surface area contributed by atoms with Gasteiger partial charge in [0.1, 0.15) is 0 Å². The van der Waals surface area contributed by atoms with Gasteiger partial charge in [-0.1, -0.05) is 73.9 Å². The lowest BCUT2D eigenvalue weighted by Crippen LogP contribution is -2.34. The Morgan fingerprint density at radius 3 is 2.07 bits per heavy atom. The number of rotatable bonds is 3. The molecule has 5 rings (SSSR count). The van der Waals surface area contributed by atoms with Gasteiger partial charge in [-0.3, -0.25) is 0 Å². The average Bonchev–Trinajstić information content (AvgIpc) is 2.71. The van der Waals surface area contributed by atoms with Crippen molar-refractivity contribution in [3.8, 4) is 0 Å². The molecule has 0 radical (unpaired) electrons. The minimum atomic E-state index is -0.464. The minimum absolute atomic E-state index is 0. The summed E-state index contributed by atoms with van der Waals surface area (Å²) in [4.78, 5) is 0. The molecule has 0 amide bonds. The molecule has 1 saturated carbocycles. The SMILES string of the molecule is Cl.N[C@@H](c1ccc2ccc3cccc4ccc1c2c34)[C@H](O)C1CCCCC1. The molecule has 1 aliphatic carbocycles. The lowest BCUT2D eigenvalue weighted by atomic mass is 9.80. The molecule has 3 N–H and O–H groups in total. The number of nitrogens with two attached hydrogens (primary N) is 1. The highest BCUT2D eigenvalue weighted by molar-refractivity contribution is 6.23. The van der Waals surface area contributed by atoms with Gasteiger partial charge >= 0.3 is 0 Å². The summed E-state index contributed by atoms with van der Waals surface area (Å²) in [7, 11) is 0.